The summed E-state index contributed by atoms with van der Waals surface area (Å²) in [5, 5.41) is 2.99. The van der Waals surface area contributed by atoms with Gasteiger partial charge in [-0.25, -0.2) is 0 Å². The molecule has 3 heteroatoms. The Hall–Kier alpha value is -0.960. The molecule has 1 aromatic carbocycles. The lowest BCUT2D eigenvalue weighted by molar-refractivity contribution is -0.122. The number of nitrogens with one attached hydrogen (secondary N) is 1. The van der Waals surface area contributed by atoms with Gasteiger partial charge in [-0.15, -0.1) is 0 Å². The number of carbonyl (C=O) groups is 1. The van der Waals surface area contributed by atoms with Crippen molar-refractivity contribution in [2.45, 2.75) is 25.7 Å². The van der Waals surface area contributed by atoms with Crippen molar-refractivity contribution in [3.63, 3.8) is 0 Å². The number of hydrogen-bond acceptors (Lipinski definition) is 2. The molecule has 1 fully saturated rings. The van der Waals surface area contributed by atoms with Gasteiger partial charge in [-0.1, -0.05) is 30.3 Å². The second-order valence-electron chi connectivity index (χ2n) is 4.92. The van der Waals surface area contributed by atoms with E-state index in [9.17, 15) is 4.79 Å². The Kier molecular flexibility index (Phi) is 4.11. The van der Waals surface area contributed by atoms with E-state index in [0.29, 0.717) is 6.42 Å². The van der Waals surface area contributed by atoms with Crippen molar-refractivity contribution < 1.29 is 4.79 Å². The fraction of sp³-hybridized carbons (Fsp3) is 0.500. The summed E-state index contributed by atoms with van der Waals surface area (Å²) >= 11 is 4.31. The van der Waals surface area contributed by atoms with Crippen LogP contribution in [0.2, 0.25) is 0 Å². The molecule has 0 aromatic heterocycles. The van der Waals surface area contributed by atoms with Gasteiger partial charge in [-0.2, -0.15) is 12.6 Å². The molecule has 17 heavy (non-hydrogen) atoms. The molecular formula is C14H19NOS. The molecule has 0 saturated heterocycles. The van der Waals surface area contributed by atoms with E-state index in [-0.39, 0.29) is 11.3 Å². The van der Waals surface area contributed by atoms with E-state index in [4.69, 9.17) is 0 Å². The molecule has 1 aliphatic rings. The minimum Gasteiger partial charge on any atom is -0.356 e. The summed E-state index contributed by atoms with van der Waals surface area (Å²) in [6.45, 7) is 0.728. The average molecular weight is 249 g/mol. The highest BCUT2D eigenvalue weighted by atomic mass is 32.1. The summed E-state index contributed by atoms with van der Waals surface area (Å²) in [6.07, 6.45) is 3.86. The molecule has 0 heterocycles. The third-order valence-corrected chi connectivity index (χ3v) is 4.08. The minimum absolute atomic E-state index is 0.174. The summed E-state index contributed by atoms with van der Waals surface area (Å²) in [5.74, 6) is 1.01. The number of amides is 1. The van der Waals surface area contributed by atoms with Crippen LogP contribution in [0.3, 0.4) is 0 Å². The molecule has 1 aromatic rings. The van der Waals surface area contributed by atoms with Gasteiger partial charge in [-0.3, -0.25) is 4.79 Å². The third kappa shape index (κ3) is 3.77. The highest BCUT2D eigenvalue weighted by Crippen LogP contribution is 2.49. The minimum atomic E-state index is 0.174. The second kappa shape index (κ2) is 5.58. The van der Waals surface area contributed by atoms with E-state index in [1.54, 1.807) is 0 Å². The molecule has 92 valence electrons. The Morgan fingerprint density at radius 3 is 2.59 bits per heavy atom. The van der Waals surface area contributed by atoms with Gasteiger partial charge in [0.05, 0.1) is 0 Å². The van der Waals surface area contributed by atoms with Crippen LogP contribution in [0.4, 0.5) is 0 Å². The van der Waals surface area contributed by atoms with Crippen LogP contribution in [0.5, 0.6) is 0 Å². The largest absolute Gasteiger partial charge is 0.356 e. The monoisotopic (exact) mass is 249 g/mol. The highest BCUT2D eigenvalue weighted by Gasteiger charge is 2.42. The predicted octanol–water partition coefficient (Wildman–Crippen LogP) is 2.45. The zero-order valence-corrected chi connectivity index (χ0v) is 10.9. The van der Waals surface area contributed by atoms with Crippen molar-refractivity contribution in [3.05, 3.63) is 35.9 Å². The summed E-state index contributed by atoms with van der Waals surface area (Å²) in [6, 6.07) is 10.2. The Balaban J connectivity index is 1.67. The topological polar surface area (TPSA) is 29.1 Å². The molecule has 1 aliphatic carbocycles. The molecule has 0 aliphatic heterocycles. The van der Waals surface area contributed by atoms with Gasteiger partial charge in [0.25, 0.3) is 0 Å². The van der Waals surface area contributed by atoms with Gasteiger partial charge in [-0.05, 0) is 36.0 Å². The van der Waals surface area contributed by atoms with Crippen LogP contribution in [0, 0.1) is 5.41 Å². The molecule has 0 bridgehead atoms. The SMILES string of the molecule is O=C(CC1(CS)CC1)NCCc1ccccc1. The van der Waals surface area contributed by atoms with Crippen LogP contribution in [0.15, 0.2) is 30.3 Å². The van der Waals surface area contributed by atoms with Crippen molar-refractivity contribution >= 4 is 18.5 Å². The number of carbonyl (C=O) groups excluding carboxylic acids is 1. The zero-order chi connectivity index (χ0) is 12.1. The molecular weight excluding hydrogens is 230 g/mol. The maximum Gasteiger partial charge on any atom is 0.220 e. The summed E-state index contributed by atoms with van der Waals surface area (Å²) in [5.41, 5.74) is 1.49. The first kappa shape index (κ1) is 12.5. The Morgan fingerprint density at radius 1 is 1.29 bits per heavy atom. The van der Waals surface area contributed by atoms with Gasteiger partial charge in [0.1, 0.15) is 0 Å². The smallest absolute Gasteiger partial charge is 0.220 e. The van der Waals surface area contributed by atoms with Crippen molar-refractivity contribution in [3.8, 4) is 0 Å². The fourth-order valence-electron chi connectivity index (χ4n) is 1.96. The highest BCUT2D eigenvalue weighted by molar-refractivity contribution is 7.80. The Bertz CT molecular complexity index is 373. The zero-order valence-electron chi connectivity index (χ0n) is 9.98. The van der Waals surface area contributed by atoms with E-state index in [2.05, 4.69) is 30.1 Å². The van der Waals surface area contributed by atoms with Crippen molar-refractivity contribution in [2.24, 2.45) is 5.41 Å². The maximum atomic E-state index is 11.7. The van der Waals surface area contributed by atoms with Gasteiger partial charge >= 0.3 is 0 Å². The molecule has 2 nitrogen and oxygen atoms in total. The lowest BCUT2D eigenvalue weighted by Gasteiger charge is -2.11. The fourth-order valence-corrected chi connectivity index (χ4v) is 2.39. The Labute approximate surface area is 108 Å². The van der Waals surface area contributed by atoms with Crippen LogP contribution in [0.1, 0.15) is 24.8 Å². The number of hydrogen-bond donors (Lipinski definition) is 2. The van der Waals surface area contributed by atoms with E-state index in [1.165, 1.54) is 5.56 Å². The van der Waals surface area contributed by atoms with Crippen LogP contribution < -0.4 is 5.32 Å². The normalized spacial score (nSPS) is 16.5. The predicted molar refractivity (Wildman–Crippen MR) is 73.3 cm³/mol. The van der Waals surface area contributed by atoms with E-state index < -0.39 is 0 Å². The van der Waals surface area contributed by atoms with Gasteiger partial charge in [0, 0.05) is 13.0 Å². The Morgan fingerprint density at radius 2 is 2.00 bits per heavy atom. The first-order valence-corrected chi connectivity index (χ1v) is 6.79. The van der Waals surface area contributed by atoms with E-state index >= 15 is 0 Å². The van der Waals surface area contributed by atoms with Gasteiger partial charge in [0.2, 0.25) is 5.91 Å². The van der Waals surface area contributed by atoms with Gasteiger partial charge < -0.3 is 5.32 Å². The first-order chi connectivity index (χ1) is 8.24. The molecule has 0 spiro atoms. The van der Waals surface area contributed by atoms with Crippen molar-refractivity contribution in [1.29, 1.82) is 0 Å². The van der Waals surface area contributed by atoms with Crippen LogP contribution in [0.25, 0.3) is 0 Å². The molecule has 1 N–H and O–H groups in total. The van der Waals surface area contributed by atoms with E-state index in [1.807, 2.05) is 18.2 Å². The molecule has 1 saturated carbocycles. The number of benzene rings is 1. The van der Waals surface area contributed by atoms with Gasteiger partial charge in [0.15, 0.2) is 0 Å². The average Bonchev–Trinajstić information content (AvgIpc) is 3.11. The second-order valence-corrected chi connectivity index (χ2v) is 5.24. The van der Waals surface area contributed by atoms with Crippen LogP contribution in [-0.4, -0.2) is 18.2 Å². The number of rotatable bonds is 6. The lowest BCUT2D eigenvalue weighted by Crippen LogP contribution is -2.28. The lowest BCUT2D eigenvalue weighted by atomic mass is 10.1. The molecule has 2 rings (SSSR count). The molecule has 0 unspecified atom stereocenters. The van der Waals surface area contributed by atoms with Crippen LogP contribution in [-0.2, 0) is 11.2 Å². The van der Waals surface area contributed by atoms with Crippen molar-refractivity contribution in [1.82, 2.24) is 5.32 Å². The van der Waals surface area contributed by atoms with E-state index in [0.717, 1.165) is 31.6 Å². The third-order valence-electron chi connectivity index (χ3n) is 3.41. The standard InChI is InChI=1S/C14H19NOS/c16-13(10-14(11-17)7-8-14)15-9-6-12-4-2-1-3-5-12/h1-5,17H,6-11H2,(H,15,16). The molecule has 0 atom stereocenters. The first-order valence-electron chi connectivity index (χ1n) is 6.16. The van der Waals surface area contributed by atoms with Crippen molar-refractivity contribution in [2.75, 3.05) is 12.3 Å². The summed E-state index contributed by atoms with van der Waals surface area (Å²) < 4.78 is 0. The number of thiol groups is 1. The molecule has 1 amide bonds. The summed E-state index contributed by atoms with van der Waals surface area (Å²) in [7, 11) is 0. The molecule has 0 radical (unpaired) electrons. The maximum absolute atomic E-state index is 11.7. The quantitative estimate of drug-likeness (QED) is 0.745. The van der Waals surface area contributed by atoms with Crippen LogP contribution >= 0.6 is 12.6 Å². The summed E-state index contributed by atoms with van der Waals surface area (Å²) in [4.78, 5) is 11.7.